The quantitative estimate of drug-likeness (QED) is 0.356. The molecule has 1 heterocycles. The number of anilines is 1. The number of ether oxygens (including phenoxy) is 4. The number of amides is 3. The third kappa shape index (κ3) is 6.70. The van der Waals surface area contributed by atoms with Crippen LogP contribution in [0.1, 0.15) is 12.5 Å². The monoisotopic (exact) mass is 534 g/mol. The summed E-state index contributed by atoms with van der Waals surface area (Å²) >= 11 is 6.97. The highest BCUT2D eigenvalue weighted by Crippen LogP contribution is 2.39. The molecule has 0 spiro atoms. The van der Waals surface area contributed by atoms with Crippen LogP contribution in [0.3, 0.4) is 0 Å². The largest absolute Gasteiger partial charge is 0.494 e. The van der Waals surface area contributed by atoms with Gasteiger partial charge in [-0.05, 0) is 66.7 Å². The average molecular weight is 535 g/mol. The Morgan fingerprint density at radius 2 is 1.83 bits per heavy atom. The van der Waals surface area contributed by atoms with Gasteiger partial charge in [-0.2, -0.15) is 0 Å². The van der Waals surface area contributed by atoms with Gasteiger partial charge in [0.25, 0.3) is 11.1 Å². The summed E-state index contributed by atoms with van der Waals surface area (Å²) in [4.78, 5) is 50.0. The van der Waals surface area contributed by atoms with Crippen molar-refractivity contribution >= 4 is 58.1 Å². The summed E-state index contributed by atoms with van der Waals surface area (Å²) in [5, 5.41) is 2.19. The summed E-state index contributed by atoms with van der Waals surface area (Å²) in [6.45, 7) is 1.57. The van der Waals surface area contributed by atoms with E-state index in [0.717, 1.165) is 4.90 Å². The van der Waals surface area contributed by atoms with Crippen molar-refractivity contribution in [3.05, 3.63) is 51.9 Å². The summed E-state index contributed by atoms with van der Waals surface area (Å²) in [6, 6.07) is 9.74. The number of methoxy groups -OCH3 is 2. The Morgan fingerprint density at radius 3 is 2.47 bits per heavy atom. The number of carbonyl (C=O) groups is 4. The number of thioether (sulfide) groups is 1. The number of nitrogens with zero attached hydrogens (tertiary/aromatic N) is 1. The van der Waals surface area contributed by atoms with E-state index in [1.165, 1.54) is 32.4 Å². The van der Waals surface area contributed by atoms with E-state index in [-0.39, 0.29) is 28.0 Å². The maximum atomic E-state index is 12.8. The van der Waals surface area contributed by atoms with Crippen LogP contribution >= 0.6 is 23.4 Å². The predicted molar refractivity (Wildman–Crippen MR) is 134 cm³/mol. The number of nitrogens with one attached hydrogen (secondary N) is 1. The molecule has 0 radical (unpaired) electrons. The van der Waals surface area contributed by atoms with Crippen molar-refractivity contribution in [2.24, 2.45) is 0 Å². The standard InChI is InChI=1S/C24H23ClN2O8S/c1-4-34-16-7-5-15(6-8-16)26-20(28)12-27-23(30)19(36-24(27)31)11-14-9-17(25)22(18(10-14)32-2)35-13-21(29)33-3/h5-11H,4,12-13H2,1-3H3,(H,26,28)/b19-11+. The highest BCUT2D eigenvalue weighted by molar-refractivity contribution is 8.18. The second-order valence-corrected chi connectivity index (χ2v) is 8.57. The second-order valence-electron chi connectivity index (χ2n) is 7.17. The minimum atomic E-state index is -0.618. The van der Waals surface area contributed by atoms with Crippen molar-refractivity contribution in [1.29, 1.82) is 0 Å². The number of hydrogen-bond acceptors (Lipinski definition) is 9. The van der Waals surface area contributed by atoms with Crippen LogP contribution in [0.15, 0.2) is 41.3 Å². The minimum absolute atomic E-state index is 0.107. The van der Waals surface area contributed by atoms with Gasteiger partial charge in [0.1, 0.15) is 12.3 Å². The number of imide groups is 1. The third-order valence-corrected chi connectivity index (χ3v) is 5.92. The fourth-order valence-corrected chi connectivity index (χ4v) is 4.20. The van der Waals surface area contributed by atoms with Crippen molar-refractivity contribution in [2.75, 3.05) is 39.3 Å². The summed E-state index contributed by atoms with van der Waals surface area (Å²) < 4.78 is 20.5. The lowest BCUT2D eigenvalue weighted by Crippen LogP contribution is -2.36. The molecule has 0 aliphatic carbocycles. The summed E-state index contributed by atoms with van der Waals surface area (Å²) in [5.74, 6) is -0.747. The average Bonchev–Trinajstić information content (AvgIpc) is 3.11. The van der Waals surface area contributed by atoms with Crippen LogP contribution in [0.2, 0.25) is 5.02 Å². The molecule has 3 amide bonds. The molecule has 0 aromatic heterocycles. The fourth-order valence-electron chi connectivity index (χ4n) is 3.09. The van der Waals surface area contributed by atoms with Gasteiger partial charge in [0.2, 0.25) is 5.91 Å². The van der Waals surface area contributed by atoms with Crippen LogP contribution in [0.5, 0.6) is 17.2 Å². The molecule has 1 N–H and O–H groups in total. The molecule has 1 fully saturated rings. The normalized spacial score (nSPS) is 14.1. The molecule has 0 saturated carbocycles. The number of hydrogen-bond donors (Lipinski definition) is 1. The van der Waals surface area contributed by atoms with Crippen molar-refractivity contribution in [3.8, 4) is 17.2 Å². The Bertz CT molecular complexity index is 1200. The van der Waals surface area contributed by atoms with Crippen LogP contribution in [-0.4, -0.2) is 61.9 Å². The smallest absolute Gasteiger partial charge is 0.343 e. The first kappa shape index (κ1) is 26.9. The first-order chi connectivity index (χ1) is 17.2. The van der Waals surface area contributed by atoms with Gasteiger partial charge in [0.05, 0.1) is 30.8 Å². The first-order valence-electron chi connectivity index (χ1n) is 10.6. The second kappa shape index (κ2) is 12.3. The fraction of sp³-hybridized carbons (Fsp3) is 0.250. The zero-order valence-electron chi connectivity index (χ0n) is 19.7. The third-order valence-electron chi connectivity index (χ3n) is 4.74. The topological polar surface area (TPSA) is 120 Å². The van der Waals surface area contributed by atoms with E-state index < -0.39 is 29.6 Å². The molecule has 190 valence electrons. The van der Waals surface area contributed by atoms with Gasteiger partial charge in [-0.25, -0.2) is 4.79 Å². The Kier molecular flexibility index (Phi) is 9.20. The van der Waals surface area contributed by atoms with Gasteiger partial charge < -0.3 is 24.3 Å². The van der Waals surface area contributed by atoms with Crippen LogP contribution in [0.4, 0.5) is 10.5 Å². The summed E-state index contributed by atoms with van der Waals surface area (Å²) in [6.07, 6.45) is 1.45. The molecule has 0 unspecified atom stereocenters. The molecule has 1 aliphatic heterocycles. The lowest BCUT2D eigenvalue weighted by molar-refractivity contribution is -0.143. The van der Waals surface area contributed by atoms with Gasteiger partial charge >= 0.3 is 5.97 Å². The molecule has 2 aromatic carbocycles. The van der Waals surface area contributed by atoms with Crippen molar-refractivity contribution in [1.82, 2.24) is 4.90 Å². The van der Waals surface area contributed by atoms with Crippen molar-refractivity contribution < 1.29 is 38.1 Å². The Morgan fingerprint density at radius 1 is 1.11 bits per heavy atom. The molecule has 36 heavy (non-hydrogen) atoms. The van der Waals surface area contributed by atoms with E-state index in [2.05, 4.69) is 10.1 Å². The molecular weight excluding hydrogens is 512 g/mol. The lowest BCUT2D eigenvalue weighted by atomic mass is 10.1. The number of benzene rings is 2. The van der Waals surface area contributed by atoms with Gasteiger partial charge in [0, 0.05) is 5.69 Å². The SMILES string of the molecule is CCOc1ccc(NC(=O)CN2C(=O)S/C(=C/c3cc(Cl)c(OCC(=O)OC)c(OC)c3)C2=O)cc1. The van der Waals surface area contributed by atoms with Crippen LogP contribution in [-0.2, 0) is 19.1 Å². The molecule has 12 heteroatoms. The van der Waals surface area contributed by atoms with E-state index >= 15 is 0 Å². The number of esters is 1. The molecule has 0 atom stereocenters. The highest BCUT2D eigenvalue weighted by atomic mass is 35.5. The lowest BCUT2D eigenvalue weighted by Gasteiger charge is -2.13. The van der Waals surface area contributed by atoms with E-state index in [1.807, 2.05) is 6.92 Å². The van der Waals surface area contributed by atoms with Crippen molar-refractivity contribution in [3.63, 3.8) is 0 Å². The highest BCUT2D eigenvalue weighted by Gasteiger charge is 2.36. The number of rotatable bonds is 10. The molecule has 1 aliphatic rings. The maximum Gasteiger partial charge on any atom is 0.343 e. The Hall–Kier alpha value is -3.70. The van der Waals surface area contributed by atoms with Crippen LogP contribution < -0.4 is 19.5 Å². The number of halogens is 1. The van der Waals surface area contributed by atoms with E-state index in [0.29, 0.717) is 35.4 Å². The zero-order valence-corrected chi connectivity index (χ0v) is 21.2. The van der Waals surface area contributed by atoms with E-state index in [9.17, 15) is 19.2 Å². The van der Waals surface area contributed by atoms with Gasteiger partial charge in [-0.1, -0.05) is 11.6 Å². The molecular formula is C24H23ClN2O8S. The van der Waals surface area contributed by atoms with Gasteiger partial charge in [0.15, 0.2) is 18.1 Å². The first-order valence-corrected chi connectivity index (χ1v) is 11.8. The Labute approximate surface area is 216 Å². The molecule has 1 saturated heterocycles. The maximum absolute atomic E-state index is 12.8. The molecule has 2 aromatic rings. The minimum Gasteiger partial charge on any atom is -0.494 e. The van der Waals surface area contributed by atoms with Crippen molar-refractivity contribution in [2.45, 2.75) is 6.92 Å². The summed E-state index contributed by atoms with van der Waals surface area (Å²) in [7, 11) is 2.61. The van der Waals surface area contributed by atoms with Gasteiger partial charge in [-0.3, -0.25) is 19.3 Å². The number of carbonyl (C=O) groups excluding carboxylic acids is 4. The van der Waals surface area contributed by atoms with E-state index in [1.54, 1.807) is 24.3 Å². The Balaban J connectivity index is 1.70. The summed E-state index contributed by atoms with van der Waals surface area (Å²) in [5.41, 5.74) is 0.953. The zero-order chi connectivity index (χ0) is 26.2. The molecule has 3 rings (SSSR count). The molecule has 10 nitrogen and oxygen atoms in total. The van der Waals surface area contributed by atoms with Crippen LogP contribution in [0, 0.1) is 0 Å². The van der Waals surface area contributed by atoms with Crippen LogP contribution in [0.25, 0.3) is 6.08 Å². The molecule has 0 bridgehead atoms. The van der Waals surface area contributed by atoms with E-state index in [4.69, 9.17) is 25.8 Å². The predicted octanol–water partition coefficient (Wildman–Crippen LogP) is 3.97. The van der Waals surface area contributed by atoms with Gasteiger partial charge in [-0.15, -0.1) is 0 Å².